The van der Waals surface area contributed by atoms with Gasteiger partial charge in [0.15, 0.2) is 0 Å². The van der Waals surface area contributed by atoms with Crippen molar-refractivity contribution in [3.05, 3.63) is 47.4 Å². The van der Waals surface area contributed by atoms with Gasteiger partial charge in [0.05, 0.1) is 3.79 Å². The van der Waals surface area contributed by atoms with E-state index in [9.17, 15) is 0 Å². The Balaban J connectivity index is 2.10. The summed E-state index contributed by atoms with van der Waals surface area (Å²) in [5.41, 5.74) is 2.40. The number of benzene rings is 1. The first kappa shape index (κ1) is 13.6. The van der Waals surface area contributed by atoms with Crippen LogP contribution < -0.4 is 5.32 Å². The molecule has 0 saturated carbocycles. The molecule has 0 aliphatic heterocycles. The van der Waals surface area contributed by atoms with Gasteiger partial charge in [-0.15, -0.1) is 11.3 Å². The van der Waals surface area contributed by atoms with Gasteiger partial charge in [-0.05, 0) is 62.5 Å². The summed E-state index contributed by atoms with van der Waals surface area (Å²) in [6.07, 6.45) is 0. The van der Waals surface area contributed by atoms with E-state index in [1.54, 1.807) is 11.3 Å². The molecule has 90 valence electrons. The molecule has 0 aliphatic rings. The van der Waals surface area contributed by atoms with Crippen LogP contribution in [-0.2, 0) is 6.54 Å². The second-order valence-electron chi connectivity index (χ2n) is 3.60. The van der Waals surface area contributed by atoms with Gasteiger partial charge in [-0.3, -0.25) is 0 Å². The smallest absolute Gasteiger partial charge is 0.0843 e. The Morgan fingerprint density at radius 3 is 2.59 bits per heavy atom. The van der Waals surface area contributed by atoms with Crippen molar-refractivity contribution in [2.75, 3.05) is 5.32 Å². The fraction of sp³-hybridized carbons (Fsp3) is 0.167. The van der Waals surface area contributed by atoms with Gasteiger partial charge in [-0.2, -0.15) is 0 Å². The van der Waals surface area contributed by atoms with Crippen LogP contribution in [0.3, 0.4) is 0 Å². The summed E-state index contributed by atoms with van der Waals surface area (Å²) < 4.78 is 3.39. The van der Waals surface area contributed by atoms with E-state index in [0.29, 0.717) is 0 Å². The van der Waals surface area contributed by atoms with Crippen LogP contribution in [0.4, 0.5) is 5.69 Å². The van der Waals surface area contributed by atoms with Crippen LogP contribution in [0.2, 0.25) is 0 Å². The Hall–Kier alpha value is 0.160. The Labute approximate surface area is 130 Å². The molecule has 1 heterocycles. The quantitative estimate of drug-likeness (QED) is 0.622. The topological polar surface area (TPSA) is 12.0 Å². The summed E-state index contributed by atoms with van der Waals surface area (Å²) in [4.78, 5) is 1.29. The first-order valence-electron chi connectivity index (χ1n) is 5.00. The number of anilines is 1. The molecule has 5 heteroatoms. The Kier molecular flexibility index (Phi) is 4.69. The van der Waals surface area contributed by atoms with Crippen molar-refractivity contribution in [2.24, 2.45) is 0 Å². The molecular weight excluding hydrogens is 430 g/mol. The summed E-state index contributed by atoms with van der Waals surface area (Å²) in [6.45, 7) is 2.94. The zero-order valence-electron chi connectivity index (χ0n) is 9.06. The highest BCUT2D eigenvalue weighted by Crippen LogP contribution is 2.33. The maximum atomic E-state index is 3.54. The number of rotatable bonds is 3. The fourth-order valence-electron chi connectivity index (χ4n) is 1.46. The predicted octanol–water partition coefficient (Wildman–Crippen LogP) is 5.96. The van der Waals surface area contributed by atoms with Gasteiger partial charge >= 0.3 is 0 Å². The lowest BCUT2D eigenvalue weighted by Gasteiger charge is -2.09. The van der Waals surface area contributed by atoms with Crippen LogP contribution in [0, 0.1) is 6.92 Å². The van der Waals surface area contributed by atoms with E-state index in [2.05, 4.69) is 78.2 Å². The normalized spacial score (nSPS) is 10.6. The van der Waals surface area contributed by atoms with Crippen molar-refractivity contribution in [1.82, 2.24) is 0 Å². The van der Waals surface area contributed by atoms with Crippen LogP contribution in [0.1, 0.15) is 10.4 Å². The Bertz CT molecular complexity index is 517. The molecule has 1 N–H and O–H groups in total. The fourth-order valence-corrected chi connectivity index (χ4v) is 3.94. The third-order valence-corrected chi connectivity index (χ3v) is 6.53. The van der Waals surface area contributed by atoms with E-state index in [-0.39, 0.29) is 0 Å². The van der Waals surface area contributed by atoms with Crippen LogP contribution >= 0.6 is 59.1 Å². The molecule has 1 aromatic heterocycles. The predicted molar refractivity (Wildman–Crippen MR) is 85.9 cm³/mol. The monoisotopic (exact) mass is 437 g/mol. The lowest BCUT2D eigenvalue weighted by molar-refractivity contribution is 1.17. The number of hydrogen-bond acceptors (Lipinski definition) is 2. The van der Waals surface area contributed by atoms with Crippen molar-refractivity contribution in [3.63, 3.8) is 0 Å². The zero-order valence-corrected chi connectivity index (χ0v) is 14.6. The van der Waals surface area contributed by atoms with Crippen LogP contribution in [0.15, 0.2) is 37.0 Å². The maximum absolute atomic E-state index is 3.54. The molecule has 0 unspecified atom stereocenters. The molecule has 0 radical (unpaired) electrons. The third-order valence-electron chi connectivity index (χ3n) is 2.42. The standard InChI is InChI=1S/C12H10Br3NS/c1-7-9(13)3-2-4-11(7)16-6-8-5-10(14)12(15)17-8/h2-5,16H,6H2,1H3. The largest absolute Gasteiger partial charge is 0.380 e. The average Bonchev–Trinajstić information content (AvgIpc) is 2.61. The van der Waals surface area contributed by atoms with Gasteiger partial charge < -0.3 is 5.32 Å². The van der Waals surface area contributed by atoms with E-state index < -0.39 is 0 Å². The Morgan fingerprint density at radius 1 is 1.18 bits per heavy atom. The summed E-state index contributed by atoms with van der Waals surface area (Å²) in [5.74, 6) is 0. The second kappa shape index (κ2) is 5.87. The molecule has 0 saturated heterocycles. The van der Waals surface area contributed by atoms with E-state index in [4.69, 9.17) is 0 Å². The van der Waals surface area contributed by atoms with Gasteiger partial charge in [0.25, 0.3) is 0 Å². The molecule has 1 aromatic carbocycles. The molecule has 2 aromatic rings. The summed E-state index contributed by atoms with van der Waals surface area (Å²) in [6, 6.07) is 8.32. The van der Waals surface area contributed by atoms with Gasteiger partial charge in [0, 0.05) is 26.1 Å². The van der Waals surface area contributed by atoms with Crippen molar-refractivity contribution in [1.29, 1.82) is 0 Å². The minimum absolute atomic E-state index is 0.839. The van der Waals surface area contributed by atoms with Crippen LogP contribution in [0.5, 0.6) is 0 Å². The van der Waals surface area contributed by atoms with Crippen molar-refractivity contribution < 1.29 is 0 Å². The SMILES string of the molecule is Cc1c(Br)cccc1NCc1cc(Br)c(Br)s1. The summed E-state index contributed by atoms with van der Waals surface area (Å²) in [5, 5.41) is 3.45. The molecule has 2 rings (SSSR count). The number of thiophene rings is 1. The van der Waals surface area contributed by atoms with Crippen molar-refractivity contribution in [3.8, 4) is 0 Å². The second-order valence-corrected chi connectivity index (χ2v) is 7.76. The lowest BCUT2D eigenvalue weighted by Crippen LogP contribution is -1.99. The van der Waals surface area contributed by atoms with E-state index in [0.717, 1.165) is 19.3 Å². The molecule has 0 fully saturated rings. The number of hydrogen-bond donors (Lipinski definition) is 1. The first-order chi connectivity index (χ1) is 8.08. The summed E-state index contributed by atoms with van der Waals surface area (Å²) in [7, 11) is 0. The zero-order chi connectivity index (χ0) is 12.4. The highest BCUT2D eigenvalue weighted by atomic mass is 79.9. The highest BCUT2D eigenvalue weighted by molar-refractivity contribution is 9.13. The average molecular weight is 440 g/mol. The maximum Gasteiger partial charge on any atom is 0.0843 e. The van der Waals surface area contributed by atoms with E-state index in [1.165, 1.54) is 16.1 Å². The third kappa shape index (κ3) is 3.34. The molecular formula is C12H10Br3NS. The summed E-state index contributed by atoms with van der Waals surface area (Å²) >= 11 is 12.3. The molecule has 0 spiro atoms. The van der Waals surface area contributed by atoms with E-state index in [1.807, 2.05) is 6.07 Å². The van der Waals surface area contributed by atoms with Gasteiger partial charge in [-0.25, -0.2) is 0 Å². The molecule has 0 atom stereocenters. The van der Waals surface area contributed by atoms with Crippen molar-refractivity contribution >= 4 is 64.8 Å². The molecule has 0 aliphatic carbocycles. The molecule has 1 nitrogen and oxygen atoms in total. The highest BCUT2D eigenvalue weighted by Gasteiger charge is 2.05. The van der Waals surface area contributed by atoms with Gasteiger partial charge in [0.1, 0.15) is 0 Å². The number of nitrogens with one attached hydrogen (secondary N) is 1. The van der Waals surface area contributed by atoms with Crippen molar-refractivity contribution in [2.45, 2.75) is 13.5 Å². The van der Waals surface area contributed by atoms with Crippen LogP contribution in [0.25, 0.3) is 0 Å². The molecule has 17 heavy (non-hydrogen) atoms. The lowest BCUT2D eigenvalue weighted by atomic mass is 10.2. The van der Waals surface area contributed by atoms with Gasteiger partial charge in [0.2, 0.25) is 0 Å². The van der Waals surface area contributed by atoms with Gasteiger partial charge in [-0.1, -0.05) is 22.0 Å². The minimum Gasteiger partial charge on any atom is -0.380 e. The molecule has 0 amide bonds. The van der Waals surface area contributed by atoms with Crippen LogP contribution in [-0.4, -0.2) is 0 Å². The molecule has 0 bridgehead atoms. The Morgan fingerprint density at radius 2 is 1.94 bits per heavy atom. The first-order valence-corrected chi connectivity index (χ1v) is 8.20. The minimum atomic E-state index is 0.839. The van der Waals surface area contributed by atoms with E-state index >= 15 is 0 Å². The number of halogens is 3.